The predicted molar refractivity (Wildman–Crippen MR) is 334 cm³/mol. The lowest BCUT2D eigenvalue weighted by atomic mass is 9.88. The molecule has 10 atom stereocenters. The zero-order valence-corrected chi connectivity index (χ0v) is 57.2. The second-order valence-electron chi connectivity index (χ2n) is 20.4. The van der Waals surface area contributed by atoms with Crippen LogP contribution in [0.3, 0.4) is 0 Å². The number of hydrogen-bond acceptors (Lipinski definition) is 20. The monoisotopic (exact) mass is 1270 g/mol. The van der Waals surface area contributed by atoms with E-state index >= 15 is 0 Å². The largest absolute Gasteiger partial charge is 0.519 e. The van der Waals surface area contributed by atoms with Crippen molar-refractivity contribution in [1.29, 1.82) is 0 Å². The van der Waals surface area contributed by atoms with Crippen LogP contribution in [-0.2, 0) is 39.8 Å². The van der Waals surface area contributed by atoms with E-state index in [4.69, 9.17) is 39.8 Å². The fourth-order valence-corrected chi connectivity index (χ4v) is 80.5. The first-order chi connectivity index (χ1) is 34.6. The van der Waals surface area contributed by atoms with Gasteiger partial charge in [0.1, 0.15) is 8.74 Å². The maximum atomic E-state index is 7.29. The summed E-state index contributed by atoms with van der Waals surface area (Å²) in [4.78, 5) is 0. The minimum Gasteiger partial charge on any atom is -0.373 e. The summed E-state index contributed by atoms with van der Waals surface area (Å²) in [6, 6.07) is 0. The van der Waals surface area contributed by atoms with Gasteiger partial charge >= 0.3 is 26.4 Å². The Morgan fingerprint density at radius 2 is 0.761 bits per heavy atom. The van der Waals surface area contributed by atoms with Crippen LogP contribution >= 0.6 is 118 Å². The van der Waals surface area contributed by atoms with Crippen molar-refractivity contribution in [2.75, 3.05) is 65.2 Å². The maximum Gasteiger partial charge on any atom is 0.519 e. The summed E-state index contributed by atoms with van der Waals surface area (Å²) < 4.78 is 62.2. The van der Waals surface area contributed by atoms with E-state index in [1.807, 2.05) is 69.7 Å². The molecule has 0 saturated heterocycles. The van der Waals surface area contributed by atoms with Gasteiger partial charge in [-0.1, -0.05) is 73.0 Å². The van der Waals surface area contributed by atoms with Crippen molar-refractivity contribution >= 4 is 145 Å². The van der Waals surface area contributed by atoms with Crippen molar-refractivity contribution in [3.05, 3.63) is 0 Å². The van der Waals surface area contributed by atoms with Crippen LogP contribution in [-0.4, -0.2) is 105 Å². The minimum absolute atomic E-state index is 0.111. The summed E-state index contributed by atoms with van der Waals surface area (Å²) in [6.45, 7) is 24.8. The Bertz CT molecular complexity index is 1540. The van der Waals surface area contributed by atoms with Crippen LogP contribution in [0.2, 0.25) is 0 Å². The molecule has 7 fully saturated rings. The van der Waals surface area contributed by atoms with Crippen LogP contribution in [0, 0.1) is 41.4 Å². The summed E-state index contributed by atoms with van der Waals surface area (Å²) in [5, 5.41) is 0. The van der Waals surface area contributed by atoms with Gasteiger partial charge < -0.3 is 39.8 Å². The molecule has 6 bridgehead atoms. The molecule has 0 spiro atoms. The smallest absolute Gasteiger partial charge is 0.373 e. The molecule has 0 aliphatic heterocycles. The van der Waals surface area contributed by atoms with E-state index in [-0.39, 0.29) is 13.1 Å². The van der Waals surface area contributed by atoms with Gasteiger partial charge in [-0.25, -0.2) is 0 Å². The highest BCUT2D eigenvalue weighted by Gasteiger charge is 2.77. The number of rotatable bonds is 38. The zero-order valence-electron chi connectivity index (χ0n) is 44.4. The zero-order chi connectivity index (χ0) is 50.5. The third-order valence-electron chi connectivity index (χ3n) is 16.8. The summed E-state index contributed by atoms with van der Waals surface area (Å²) >= 11 is 0. The molecule has 7 aliphatic carbocycles. The van der Waals surface area contributed by atoms with Crippen molar-refractivity contribution in [1.82, 2.24) is 0 Å². The summed E-state index contributed by atoms with van der Waals surface area (Å²) in [6.07, 6.45) is 23.2. The Morgan fingerprint density at radius 1 is 0.394 bits per heavy atom. The average molecular weight is 1270 g/mol. The summed E-state index contributed by atoms with van der Waals surface area (Å²) in [5.41, 5.74) is 0. The van der Waals surface area contributed by atoms with E-state index in [1.54, 1.807) is 0 Å². The summed E-state index contributed by atoms with van der Waals surface area (Å²) in [7, 11) is 11.7. The van der Waals surface area contributed by atoms with Crippen LogP contribution in [0.5, 0.6) is 0 Å². The highest BCUT2D eigenvalue weighted by Crippen LogP contribution is 2.91. The van der Waals surface area contributed by atoms with Gasteiger partial charge in [-0.05, 0) is 262 Å². The topological polar surface area (TPSA) is 83.1 Å². The van der Waals surface area contributed by atoms with Crippen LogP contribution in [0.4, 0.5) is 0 Å². The third kappa shape index (κ3) is 13.3. The molecule has 416 valence electrons. The van der Waals surface area contributed by atoms with E-state index in [0.29, 0.717) is 83.1 Å². The molecule has 9 nitrogen and oxygen atoms in total. The molecular formula is C47H90O9S12Si3. The molecule has 7 aliphatic rings. The lowest BCUT2D eigenvalue weighted by Crippen LogP contribution is -2.68. The normalized spacial score (nSPS) is 33.2. The van der Waals surface area contributed by atoms with Gasteiger partial charge in [-0.15, -0.1) is 8.09 Å². The van der Waals surface area contributed by atoms with E-state index < -0.39 is 34.5 Å². The van der Waals surface area contributed by atoms with Crippen molar-refractivity contribution in [2.24, 2.45) is 41.4 Å². The molecule has 0 amide bonds. The van der Waals surface area contributed by atoms with E-state index in [2.05, 4.69) is 103 Å². The third-order valence-corrected chi connectivity index (χ3v) is 68.0. The Morgan fingerprint density at radius 3 is 1.11 bits per heavy atom. The van der Waals surface area contributed by atoms with Gasteiger partial charge in [0.05, 0.1) is 4.37 Å². The average Bonchev–Trinajstić information content (AvgIpc) is 4.26. The van der Waals surface area contributed by atoms with Gasteiger partial charge in [-0.2, -0.15) is 0 Å². The molecule has 0 heterocycles. The maximum absolute atomic E-state index is 7.29. The first-order valence-corrected chi connectivity index (χ1v) is 49.2. The second-order valence-corrected chi connectivity index (χ2v) is 55.2. The van der Waals surface area contributed by atoms with Gasteiger partial charge in [0, 0.05) is 59.5 Å². The molecule has 0 aromatic rings. The van der Waals surface area contributed by atoms with E-state index in [0.717, 1.165) is 30.6 Å². The molecule has 10 unspecified atom stereocenters. The molecule has 0 radical (unpaired) electrons. The van der Waals surface area contributed by atoms with Crippen molar-refractivity contribution in [2.45, 2.75) is 191 Å². The van der Waals surface area contributed by atoms with E-state index in [9.17, 15) is 0 Å². The molecule has 7 saturated carbocycles. The van der Waals surface area contributed by atoms with Crippen LogP contribution in [0.15, 0.2) is 0 Å². The Hall–Kier alpha value is 4.49. The molecular weight excluding hydrogens is 1180 g/mol. The lowest BCUT2D eigenvalue weighted by Gasteiger charge is -2.59. The molecule has 0 N–H and O–H groups in total. The first kappa shape index (κ1) is 63.1. The Kier molecular flexibility index (Phi) is 26.8. The quantitative estimate of drug-likeness (QED) is 0.0334. The Balaban J connectivity index is 1.18. The van der Waals surface area contributed by atoms with Gasteiger partial charge in [0.15, 0.2) is 0 Å². The molecule has 0 aromatic heterocycles. The number of hydrogen-bond donors (Lipinski definition) is 0. The highest BCUT2D eigenvalue weighted by molar-refractivity contribution is 9.60. The van der Waals surface area contributed by atoms with Crippen LogP contribution in [0.25, 0.3) is 0 Å². The van der Waals surface area contributed by atoms with Crippen molar-refractivity contribution in [3.8, 4) is 0 Å². The molecule has 71 heavy (non-hydrogen) atoms. The van der Waals surface area contributed by atoms with Crippen molar-refractivity contribution in [3.63, 3.8) is 0 Å². The lowest BCUT2D eigenvalue weighted by molar-refractivity contribution is 0.0490. The fraction of sp³-hybridized carbons (Fsp3) is 1.00. The van der Waals surface area contributed by atoms with Crippen LogP contribution < -0.4 is 0 Å². The highest BCUT2D eigenvalue weighted by atomic mass is 34.0. The van der Waals surface area contributed by atoms with Crippen molar-refractivity contribution < 1.29 is 39.8 Å². The van der Waals surface area contributed by atoms with E-state index in [1.165, 1.54) is 108 Å². The Labute approximate surface area is 477 Å². The SMILES string of the molecule is CCO[Si](OCC)(OCC)C1(SSSSSSS(CCC2CCCCC2)(SSSSSC2([Si](OCC)(OCC)OCC)CC3CCC2C3)C2([Si](OCC)(OCC)OCC)CC3CCC2C3)CC2CCC1C2. The van der Waals surface area contributed by atoms with Crippen LogP contribution in [0.1, 0.15) is 178 Å². The standard InChI is InChI=1S/C47H90O9S12Si3/c1-10-48-69(49-11-2,50-12-3)45(35-39-24-27-42(45)32-39)57-59-61-63-65-67-68(31-30-38-22-20-19-21-23-38,47(37-41-26-29-44(47)34-41)71(54-16-7,55-17-8)56-18-9)66-64-62-60-58-46(36-40-25-28-43(46)33-40)70(51-13-4,52-14-5)53-15-6/h38-44H,10-37H2,1-9H3. The van der Waals surface area contributed by atoms with Gasteiger partial charge in [0.2, 0.25) is 0 Å². The van der Waals surface area contributed by atoms with Gasteiger partial charge in [-0.3, -0.25) is 0 Å². The minimum atomic E-state index is -3.27. The predicted octanol–water partition coefficient (Wildman–Crippen LogP) is 18.3. The fourth-order valence-electron chi connectivity index (χ4n) is 14.5. The second kappa shape index (κ2) is 30.2. The summed E-state index contributed by atoms with van der Waals surface area (Å²) in [5.74, 6) is 5.86. The molecule has 24 heteroatoms. The van der Waals surface area contributed by atoms with Gasteiger partial charge in [0.25, 0.3) is 0 Å². The molecule has 0 aromatic carbocycles. The number of fused-ring (bicyclic) bond motifs is 6. The first-order valence-electron chi connectivity index (χ1n) is 27.6. The molecule has 7 rings (SSSR count).